The minimum absolute atomic E-state index is 0.0537. The van der Waals surface area contributed by atoms with Gasteiger partial charge in [0, 0.05) is 6.54 Å². The van der Waals surface area contributed by atoms with Crippen LogP contribution in [0.1, 0.15) is 25.3 Å². The minimum Gasteiger partial charge on any atom is -0.481 e. The van der Waals surface area contributed by atoms with E-state index in [1.165, 1.54) is 0 Å². The third-order valence-corrected chi connectivity index (χ3v) is 3.83. The molecule has 1 aromatic carbocycles. The van der Waals surface area contributed by atoms with Crippen LogP contribution < -0.4 is 15.2 Å². The average molecular weight is 403 g/mol. The monoisotopic (exact) mass is 403 g/mol. The fraction of sp³-hybridized carbons (Fsp3) is 0.562. The maximum Gasteiger partial charge on any atom is 0.573 e. The quantitative estimate of drug-likeness (QED) is 0.607. The summed E-state index contributed by atoms with van der Waals surface area (Å²) in [6.45, 7) is 1.51. The standard InChI is InChI=1S/C16H19F6NO4/c1-2-9(6-11(8-23)14(24)25)5-10-7-12(26-15(17,18)19)3-4-13(10)27-16(20,21)22/h3-4,7,9,11H,2,5-6,8,23H2,1H3,(H,24,25). The zero-order valence-corrected chi connectivity index (χ0v) is 14.2. The Kier molecular flexibility index (Phi) is 7.76. The van der Waals surface area contributed by atoms with E-state index in [-0.39, 0.29) is 24.9 Å². The number of alkyl halides is 6. The second-order valence-corrected chi connectivity index (χ2v) is 5.85. The van der Waals surface area contributed by atoms with Crippen molar-refractivity contribution in [2.45, 2.75) is 38.9 Å². The fourth-order valence-electron chi connectivity index (χ4n) is 2.54. The molecule has 0 saturated carbocycles. The molecule has 1 rings (SSSR count). The first-order valence-corrected chi connectivity index (χ1v) is 7.91. The summed E-state index contributed by atoms with van der Waals surface area (Å²) >= 11 is 0. The molecule has 5 nitrogen and oxygen atoms in total. The van der Waals surface area contributed by atoms with E-state index in [1.807, 2.05) is 0 Å². The van der Waals surface area contributed by atoms with Crippen LogP contribution in [0.25, 0.3) is 0 Å². The summed E-state index contributed by atoms with van der Waals surface area (Å²) in [6, 6.07) is 2.24. The molecular formula is C16H19F6NO4. The van der Waals surface area contributed by atoms with Gasteiger partial charge in [0.2, 0.25) is 0 Å². The van der Waals surface area contributed by atoms with E-state index in [2.05, 4.69) is 9.47 Å². The molecule has 11 heteroatoms. The van der Waals surface area contributed by atoms with E-state index in [4.69, 9.17) is 10.8 Å². The highest BCUT2D eigenvalue weighted by molar-refractivity contribution is 5.70. The second-order valence-electron chi connectivity index (χ2n) is 5.85. The van der Waals surface area contributed by atoms with Crippen LogP contribution in [0.5, 0.6) is 11.5 Å². The third kappa shape index (κ3) is 8.37. The molecular weight excluding hydrogens is 384 g/mol. The number of carboxylic acid groups (broad SMARTS) is 1. The number of carbonyl (C=O) groups is 1. The molecule has 0 spiro atoms. The molecule has 0 amide bonds. The van der Waals surface area contributed by atoms with Gasteiger partial charge in [0.25, 0.3) is 0 Å². The molecule has 27 heavy (non-hydrogen) atoms. The Labute approximate surface area is 151 Å². The predicted molar refractivity (Wildman–Crippen MR) is 82.1 cm³/mol. The van der Waals surface area contributed by atoms with E-state index >= 15 is 0 Å². The van der Waals surface area contributed by atoms with Crippen LogP contribution in [0.4, 0.5) is 26.3 Å². The van der Waals surface area contributed by atoms with Gasteiger partial charge in [-0.3, -0.25) is 4.79 Å². The number of nitrogens with two attached hydrogens (primary N) is 1. The van der Waals surface area contributed by atoms with E-state index in [0.29, 0.717) is 12.5 Å². The summed E-state index contributed by atoms with van der Waals surface area (Å²) in [7, 11) is 0. The highest BCUT2D eigenvalue weighted by Gasteiger charge is 2.34. The molecule has 1 aromatic rings. The lowest BCUT2D eigenvalue weighted by atomic mass is 9.87. The summed E-state index contributed by atoms with van der Waals surface area (Å²) in [5, 5.41) is 9.06. The van der Waals surface area contributed by atoms with Crippen LogP contribution in [0.15, 0.2) is 18.2 Å². The van der Waals surface area contributed by atoms with Crippen LogP contribution in [-0.4, -0.2) is 30.3 Å². The van der Waals surface area contributed by atoms with Gasteiger partial charge in [0.05, 0.1) is 5.92 Å². The van der Waals surface area contributed by atoms with Crippen molar-refractivity contribution < 1.29 is 45.7 Å². The van der Waals surface area contributed by atoms with E-state index in [1.54, 1.807) is 6.92 Å². The Morgan fingerprint density at radius 2 is 1.74 bits per heavy atom. The number of hydrogen-bond donors (Lipinski definition) is 2. The van der Waals surface area contributed by atoms with Gasteiger partial charge in [-0.05, 0) is 42.5 Å². The number of halogens is 6. The van der Waals surface area contributed by atoms with Gasteiger partial charge in [-0.25, -0.2) is 0 Å². The van der Waals surface area contributed by atoms with Crippen molar-refractivity contribution in [3.05, 3.63) is 23.8 Å². The SMILES string of the molecule is CCC(Cc1cc(OC(F)(F)F)ccc1OC(F)(F)F)CC(CN)C(=O)O. The molecule has 3 N–H and O–H groups in total. The number of ether oxygens (including phenoxy) is 2. The second kappa shape index (κ2) is 9.16. The van der Waals surface area contributed by atoms with Crippen LogP contribution in [0, 0.1) is 11.8 Å². The Hall–Kier alpha value is -2.17. The molecule has 0 saturated heterocycles. The van der Waals surface area contributed by atoms with Gasteiger partial charge >= 0.3 is 18.7 Å². The molecule has 0 aliphatic rings. The lowest BCUT2D eigenvalue weighted by Gasteiger charge is -2.21. The smallest absolute Gasteiger partial charge is 0.481 e. The first-order chi connectivity index (χ1) is 12.3. The molecule has 0 radical (unpaired) electrons. The average Bonchev–Trinajstić information content (AvgIpc) is 2.50. The maximum atomic E-state index is 12.6. The van der Waals surface area contributed by atoms with E-state index in [0.717, 1.165) is 12.1 Å². The molecule has 2 unspecified atom stereocenters. The van der Waals surface area contributed by atoms with Gasteiger partial charge in [-0.1, -0.05) is 13.3 Å². The van der Waals surface area contributed by atoms with E-state index < -0.39 is 42.0 Å². The fourth-order valence-corrected chi connectivity index (χ4v) is 2.54. The molecule has 2 atom stereocenters. The first-order valence-electron chi connectivity index (χ1n) is 7.91. The number of rotatable bonds is 9. The van der Waals surface area contributed by atoms with Crippen molar-refractivity contribution >= 4 is 5.97 Å². The van der Waals surface area contributed by atoms with Crippen molar-refractivity contribution in [1.29, 1.82) is 0 Å². The van der Waals surface area contributed by atoms with Crippen molar-refractivity contribution in [2.24, 2.45) is 17.6 Å². The summed E-state index contributed by atoms with van der Waals surface area (Å²) < 4.78 is 82.4. The van der Waals surface area contributed by atoms with Crippen molar-refractivity contribution in [3.63, 3.8) is 0 Å². The minimum atomic E-state index is -5.04. The molecule has 0 aliphatic heterocycles. The molecule has 154 valence electrons. The maximum absolute atomic E-state index is 12.6. The molecule has 0 bridgehead atoms. The molecule has 0 fully saturated rings. The lowest BCUT2D eigenvalue weighted by molar-refractivity contribution is -0.277. The Morgan fingerprint density at radius 3 is 2.19 bits per heavy atom. The summed E-state index contributed by atoms with van der Waals surface area (Å²) in [5.74, 6) is -3.88. The zero-order valence-electron chi connectivity index (χ0n) is 14.2. The van der Waals surface area contributed by atoms with Gasteiger partial charge in [0.1, 0.15) is 11.5 Å². The van der Waals surface area contributed by atoms with Crippen LogP contribution >= 0.6 is 0 Å². The van der Waals surface area contributed by atoms with E-state index in [9.17, 15) is 31.1 Å². The highest BCUT2D eigenvalue weighted by atomic mass is 19.4. The summed E-state index contributed by atoms with van der Waals surface area (Å²) in [6.07, 6.45) is -9.76. The van der Waals surface area contributed by atoms with Crippen LogP contribution in [0.3, 0.4) is 0 Å². The van der Waals surface area contributed by atoms with Gasteiger partial charge in [-0.2, -0.15) is 0 Å². The number of benzene rings is 1. The number of aliphatic carboxylic acids is 1. The topological polar surface area (TPSA) is 81.8 Å². The largest absolute Gasteiger partial charge is 0.573 e. The summed E-state index contributed by atoms with van der Waals surface area (Å²) in [5.41, 5.74) is 5.20. The van der Waals surface area contributed by atoms with Gasteiger partial charge < -0.3 is 20.3 Å². The highest BCUT2D eigenvalue weighted by Crippen LogP contribution is 2.34. The molecule has 0 aliphatic carbocycles. The van der Waals surface area contributed by atoms with Crippen LogP contribution in [-0.2, 0) is 11.2 Å². The number of carboxylic acids is 1. The van der Waals surface area contributed by atoms with Gasteiger partial charge in [0.15, 0.2) is 0 Å². The van der Waals surface area contributed by atoms with Crippen LogP contribution in [0.2, 0.25) is 0 Å². The van der Waals surface area contributed by atoms with Crippen molar-refractivity contribution in [2.75, 3.05) is 6.54 Å². The Balaban J connectivity index is 3.14. The Morgan fingerprint density at radius 1 is 1.15 bits per heavy atom. The predicted octanol–water partition coefficient (Wildman–Crippen LogP) is 4.10. The van der Waals surface area contributed by atoms with Crippen molar-refractivity contribution in [3.8, 4) is 11.5 Å². The lowest BCUT2D eigenvalue weighted by Crippen LogP contribution is -2.26. The first kappa shape index (κ1) is 22.9. The van der Waals surface area contributed by atoms with Crippen molar-refractivity contribution in [1.82, 2.24) is 0 Å². The normalized spacial score (nSPS) is 14.5. The Bertz CT molecular complexity index is 632. The van der Waals surface area contributed by atoms with Gasteiger partial charge in [-0.15, -0.1) is 26.3 Å². The third-order valence-electron chi connectivity index (χ3n) is 3.83. The number of hydrogen-bond acceptors (Lipinski definition) is 4. The summed E-state index contributed by atoms with van der Waals surface area (Å²) in [4.78, 5) is 11.1. The molecule has 0 aromatic heterocycles. The zero-order chi connectivity index (χ0) is 20.8. The molecule has 0 heterocycles.